The lowest BCUT2D eigenvalue weighted by Gasteiger charge is -2.23. The van der Waals surface area contributed by atoms with Crippen LogP contribution in [-0.2, 0) is 4.79 Å². The van der Waals surface area contributed by atoms with Crippen LogP contribution in [0.25, 0.3) is 0 Å². The minimum absolute atomic E-state index is 0.0468. The van der Waals surface area contributed by atoms with Crippen LogP contribution in [0.2, 0.25) is 0 Å². The van der Waals surface area contributed by atoms with Gasteiger partial charge in [-0.15, -0.1) is 0 Å². The van der Waals surface area contributed by atoms with Gasteiger partial charge < -0.3 is 0 Å². The molecule has 3 aromatic carbocycles. The van der Waals surface area contributed by atoms with Crippen LogP contribution in [0.4, 0.5) is 34.1 Å². The van der Waals surface area contributed by atoms with Crippen LogP contribution in [0.5, 0.6) is 0 Å². The molecule has 0 radical (unpaired) electrons. The lowest BCUT2D eigenvalue weighted by molar-refractivity contribution is 0.565. The molecule has 0 aromatic heterocycles. The van der Waals surface area contributed by atoms with Crippen molar-refractivity contribution < 1.29 is 4.79 Å². The van der Waals surface area contributed by atoms with Crippen molar-refractivity contribution in [3.8, 4) is 0 Å². The van der Waals surface area contributed by atoms with Gasteiger partial charge in [0.15, 0.2) is 0 Å². The lowest BCUT2D eigenvalue weighted by atomic mass is 9.85. The van der Waals surface area contributed by atoms with E-state index in [1.165, 1.54) is 0 Å². The molecule has 0 aliphatic heterocycles. The van der Waals surface area contributed by atoms with E-state index in [-0.39, 0.29) is 53.3 Å². The van der Waals surface area contributed by atoms with Crippen molar-refractivity contribution in [3.05, 3.63) is 74.8 Å². The van der Waals surface area contributed by atoms with Crippen molar-refractivity contribution in [2.75, 3.05) is 0 Å². The number of benzene rings is 3. The van der Waals surface area contributed by atoms with E-state index in [1.807, 2.05) is 6.08 Å². The number of nitrogens with zero attached hydrogens (tertiary/aromatic N) is 6. The molecule has 7 heteroatoms. The second kappa shape index (κ2) is 20.1. The Kier molecular flexibility index (Phi) is 16.4. The van der Waals surface area contributed by atoms with E-state index in [0.29, 0.717) is 5.69 Å². The van der Waals surface area contributed by atoms with E-state index in [1.54, 1.807) is 0 Å². The number of hydrogen-bond acceptors (Lipinski definition) is 7. The van der Waals surface area contributed by atoms with Gasteiger partial charge in [0.05, 0.1) is 34.1 Å². The number of hydrogen-bond donors (Lipinski definition) is 0. The minimum Gasteiger partial charge on any atom is -0.211 e. The van der Waals surface area contributed by atoms with Gasteiger partial charge in [0, 0.05) is 16.7 Å². The summed E-state index contributed by atoms with van der Waals surface area (Å²) >= 11 is 0. The highest BCUT2D eigenvalue weighted by Crippen LogP contribution is 2.48. The van der Waals surface area contributed by atoms with E-state index in [9.17, 15) is 4.79 Å². The Balaban J connectivity index is 2.54. The highest BCUT2D eigenvalue weighted by Gasteiger charge is 2.26. The maximum atomic E-state index is 11.7. The van der Waals surface area contributed by atoms with Crippen molar-refractivity contribution in [2.24, 2.45) is 30.0 Å². The summed E-state index contributed by atoms with van der Waals surface area (Å²) in [6.45, 7) is 42.8. The van der Waals surface area contributed by atoms with Crippen molar-refractivity contribution >= 4 is 58.1 Å². The number of carbonyl (C=O) groups excluding carboxylic acids is 1. The Morgan fingerprint density at radius 1 is 0.351 bits per heavy atom. The molecule has 304 valence electrons. The topological polar surface area (TPSA) is 91.2 Å². The van der Waals surface area contributed by atoms with Crippen LogP contribution in [0.15, 0.2) is 54.7 Å². The zero-order valence-electron chi connectivity index (χ0n) is 38.2. The van der Waals surface area contributed by atoms with E-state index >= 15 is 0 Å². The summed E-state index contributed by atoms with van der Waals surface area (Å²) in [4.78, 5) is 40.8. The van der Waals surface area contributed by atoms with Crippen molar-refractivity contribution in [3.63, 3.8) is 0 Å². The second-order valence-corrected chi connectivity index (χ2v) is 18.0. The fraction of sp³-hybridized carbons (Fsp3) is 0.540. The molecule has 0 amide bonds. The van der Waals surface area contributed by atoms with Crippen LogP contribution in [-0.4, -0.2) is 24.0 Å². The van der Waals surface area contributed by atoms with Crippen LogP contribution < -0.4 is 0 Å². The third kappa shape index (κ3) is 10.4. The fourth-order valence-electron chi connectivity index (χ4n) is 7.59. The molecule has 0 aliphatic rings. The van der Waals surface area contributed by atoms with E-state index in [2.05, 4.69) is 177 Å². The lowest BCUT2D eigenvalue weighted by Crippen LogP contribution is -2.02. The first kappa shape index (κ1) is 46.6. The number of isocyanates is 1. The van der Waals surface area contributed by atoms with Gasteiger partial charge in [0.1, 0.15) is 12.0 Å². The predicted molar refractivity (Wildman–Crippen MR) is 245 cm³/mol. The summed E-state index contributed by atoms with van der Waals surface area (Å²) < 4.78 is 0. The summed E-state index contributed by atoms with van der Waals surface area (Å²) in [5.74, 6) is 4.24. The van der Waals surface area contributed by atoms with Gasteiger partial charge in [0.25, 0.3) is 0 Å². The molecule has 0 aliphatic carbocycles. The smallest absolute Gasteiger partial charge is 0.211 e. The maximum absolute atomic E-state index is 11.7. The molecule has 0 bridgehead atoms. The SMILES string of the molecule is C=C=Nc1c(C(C)C)cc(C(C)C)c(N=C=Nc2c(C(C)C)cc(C(C)C)c(N=C=Nc3c(C(C)C)cc(C(C)C)c(N=C=O)c3C(C)C)c2C(C)C)c1C(C)C. The summed E-state index contributed by atoms with van der Waals surface area (Å²) in [6, 6.07) is 13.0. The Morgan fingerprint density at radius 2 is 0.561 bits per heavy atom. The van der Waals surface area contributed by atoms with Crippen LogP contribution in [0.3, 0.4) is 0 Å². The van der Waals surface area contributed by atoms with E-state index in [4.69, 9.17) is 20.0 Å². The van der Waals surface area contributed by atoms with Crippen molar-refractivity contribution in [1.29, 1.82) is 0 Å². The fourth-order valence-corrected chi connectivity index (χ4v) is 7.59. The first-order valence-electron chi connectivity index (χ1n) is 21.0. The highest BCUT2D eigenvalue weighted by atomic mass is 16.1. The number of aliphatic imine (C=N–C) groups is 6. The predicted octanol–water partition coefficient (Wildman–Crippen LogP) is 16.5. The van der Waals surface area contributed by atoms with E-state index < -0.39 is 0 Å². The summed E-state index contributed by atoms with van der Waals surface area (Å²) in [5.41, 5.74) is 14.4. The molecule has 0 unspecified atom stereocenters. The third-order valence-corrected chi connectivity index (χ3v) is 10.6. The molecule has 0 N–H and O–H groups in total. The van der Waals surface area contributed by atoms with Gasteiger partial charge in [-0.25, -0.2) is 9.79 Å². The molecule has 0 saturated heterocycles. The highest BCUT2D eigenvalue weighted by molar-refractivity contribution is 5.79. The molecular formula is C50H68N6O. The Labute approximate surface area is 344 Å². The average molecular weight is 769 g/mol. The molecule has 0 atom stereocenters. The van der Waals surface area contributed by atoms with Gasteiger partial charge >= 0.3 is 0 Å². The molecule has 3 rings (SSSR count). The second-order valence-electron chi connectivity index (χ2n) is 18.0. The monoisotopic (exact) mass is 769 g/mol. The third-order valence-electron chi connectivity index (χ3n) is 10.6. The summed E-state index contributed by atoms with van der Waals surface area (Å²) in [6.07, 6.45) is 1.81. The summed E-state index contributed by atoms with van der Waals surface area (Å²) in [7, 11) is 0. The Bertz CT molecular complexity index is 2020. The van der Waals surface area contributed by atoms with Crippen LogP contribution in [0, 0.1) is 0 Å². The number of rotatable bonds is 15. The molecule has 0 saturated carbocycles. The zero-order chi connectivity index (χ0) is 43.0. The molecule has 0 heterocycles. The maximum Gasteiger partial charge on any atom is 0.240 e. The Hall–Kier alpha value is -4.75. The largest absolute Gasteiger partial charge is 0.240 e. The minimum atomic E-state index is 0.0468. The molecule has 3 aromatic rings. The van der Waals surface area contributed by atoms with Gasteiger partial charge in [-0.05, 0) is 99.1 Å². The van der Waals surface area contributed by atoms with Crippen molar-refractivity contribution in [1.82, 2.24) is 0 Å². The Morgan fingerprint density at radius 3 is 0.737 bits per heavy atom. The zero-order valence-corrected chi connectivity index (χ0v) is 38.2. The summed E-state index contributed by atoms with van der Waals surface area (Å²) in [5, 5.41) is 0. The average Bonchev–Trinajstić information content (AvgIpc) is 3.10. The van der Waals surface area contributed by atoms with E-state index in [0.717, 1.165) is 78.5 Å². The van der Waals surface area contributed by atoms with Gasteiger partial charge in [-0.1, -0.05) is 143 Å². The normalized spacial score (nSPS) is 11.6. The van der Waals surface area contributed by atoms with Crippen molar-refractivity contribution in [2.45, 2.75) is 178 Å². The van der Waals surface area contributed by atoms with Gasteiger partial charge in [0.2, 0.25) is 6.08 Å². The van der Waals surface area contributed by atoms with Crippen LogP contribution >= 0.6 is 0 Å². The van der Waals surface area contributed by atoms with Crippen LogP contribution in [0.1, 0.15) is 228 Å². The standard InChI is InChI=1S/C50H68N6O/c1-20-51-45-36(27(2)3)21-37(28(4)5)46(42(45)33(14)15)52-24-53-47-38(29(6)7)22-39(30(8)9)48(43(47)34(16)17)54-25-55-49-40(31(10)11)23-41(32(12)13)50(56-26-57)44(49)35(18)19/h21-23,27-35H,1H2,2-19H3. The molecular weight excluding hydrogens is 701 g/mol. The molecule has 57 heavy (non-hydrogen) atoms. The molecule has 0 spiro atoms. The first-order valence-corrected chi connectivity index (χ1v) is 21.0. The molecule has 7 nitrogen and oxygen atoms in total. The van der Waals surface area contributed by atoms with Gasteiger partial charge in [-0.2, -0.15) is 25.0 Å². The quantitative estimate of drug-likeness (QED) is 0.112. The first-order chi connectivity index (χ1) is 26.7. The molecule has 0 fully saturated rings. The van der Waals surface area contributed by atoms with Gasteiger partial charge in [-0.3, -0.25) is 0 Å².